The number of amides is 3. The SMILES string of the molecule is O=C1NCCNC(=O)C2(C/C=C\COc3ccccc31)CCCN(CC(=O)N1CCN(c3ccccc3)CC1)C2. The molecular weight excluding hydrogens is 506 g/mol. The zero-order valence-corrected chi connectivity index (χ0v) is 23.0. The Balaban J connectivity index is 1.20. The second kappa shape index (κ2) is 13.0. The Morgan fingerprint density at radius 3 is 2.45 bits per heavy atom. The number of fused-ring (bicyclic) bond motifs is 1. The van der Waals surface area contributed by atoms with Gasteiger partial charge in [0.1, 0.15) is 12.4 Å². The van der Waals surface area contributed by atoms with Crippen LogP contribution in [0.1, 0.15) is 29.6 Å². The van der Waals surface area contributed by atoms with Crippen LogP contribution in [-0.4, -0.2) is 93.0 Å². The highest BCUT2D eigenvalue weighted by Gasteiger charge is 2.41. The van der Waals surface area contributed by atoms with E-state index in [1.54, 1.807) is 18.2 Å². The minimum absolute atomic E-state index is 0.0293. The fourth-order valence-corrected chi connectivity index (χ4v) is 5.88. The third kappa shape index (κ3) is 6.65. The molecule has 2 saturated heterocycles. The molecule has 9 heteroatoms. The van der Waals surface area contributed by atoms with Gasteiger partial charge in [0.2, 0.25) is 11.8 Å². The molecule has 3 heterocycles. The topological polar surface area (TPSA) is 94.2 Å². The van der Waals surface area contributed by atoms with Crippen molar-refractivity contribution in [3.63, 3.8) is 0 Å². The Morgan fingerprint density at radius 1 is 0.875 bits per heavy atom. The van der Waals surface area contributed by atoms with E-state index in [2.05, 4.69) is 32.6 Å². The molecule has 212 valence electrons. The summed E-state index contributed by atoms with van der Waals surface area (Å²) in [7, 11) is 0. The monoisotopic (exact) mass is 545 g/mol. The average molecular weight is 546 g/mol. The molecule has 1 spiro atoms. The second-order valence-electron chi connectivity index (χ2n) is 10.8. The van der Waals surface area contributed by atoms with Crippen LogP contribution in [0.15, 0.2) is 66.7 Å². The Kier molecular flexibility index (Phi) is 9.01. The van der Waals surface area contributed by atoms with Gasteiger partial charge in [0, 0.05) is 51.5 Å². The molecule has 9 nitrogen and oxygen atoms in total. The zero-order chi connectivity index (χ0) is 27.8. The van der Waals surface area contributed by atoms with Gasteiger partial charge in [0.25, 0.3) is 5.91 Å². The first-order valence-corrected chi connectivity index (χ1v) is 14.3. The number of anilines is 1. The second-order valence-corrected chi connectivity index (χ2v) is 10.8. The summed E-state index contributed by atoms with van der Waals surface area (Å²) in [6.07, 6.45) is 6.07. The number of likely N-dealkylation sites (tertiary alicyclic amines) is 1. The summed E-state index contributed by atoms with van der Waals surface area (Å²) >= 11 is 0. The number of para-hydroxylation sites is 2. The van der Waals surface area contributed by atoms with E-state index in [0.717, 1.165) is 32.5 Å². The molecule has 2 aromatic carbocycles. The number of piperidine rings is 1. The molecule has 5 rings (SSSR count). The van der Waals surface area contributed by atoms with Crippen molar-refractivity contribution in [2.75, 3.05) is 70.4 Å². The molecular formula is C31H39N5O4. The van der Waals surface area contributed by atoms with Gasteiger partial charge >= 0.3 is 0 Å². The Hall–Kier alpha value is -3.85. The van der Waals surface area contributed by atoms with Crippen LogP contribution in [0.3, 0.4) is 0 Å². The van der Waals surface area contributed by atoms with Crippen molar-refractivity contribution in [1.82, 2.24) is 20.4 Å². The lowest BCUT2D eigenvalue weighted by Gasteiger charge is -2.42. The van der Waals surface area contributed by atoms with E-state index >= 15 is 0 Å². The summed E-state index contributed by atoms with van der Waals surface area (Å²) in [4.78, 5) is 45.9. The van der Waals surface area contributed by atoms with Crippen LogP contribution in [0.5, 0.6) is 5.75 Å². The normalized spacial score (nSPS) is 23.8. The van der Waals surface area contributed by atoms with Crippen molar-refractivity contribution in [3.05, 3.63) is 72.3 Å². The first kappa shape index (κ1) is 27.7. The Bertz CT molecular complexity index is 1210. The van der Waals surface area contributed by atoms with Crippen LogP contribution in [-0.2, 0) is 9.59 Å². The smallest absolute Gasteiger partial charge is 0.255 e. The van der Waals surface area contributed by atoms with E-state index in [1.165, 1.54) is 5.69 Å². The van der Waals surface area contributed by atoms with E-state index in [0.29, 0.717) is 63.6 Å². The first-order valence-electron chi connectivity index (χ1n) is 14.3. The number of hydrogen-bond acceptors (Lipinski definition) is 6. The number of carbonyl (C=O) groups is 3. The third-order valence-electron chi connectivity index (χ3n) is 8.09. The number of benzene rings is 2. The molecule has 2 N–H and O–H groups in total. The number of hydrogen-bond donors (Lipinski definition) is 2. The van der Waals surface area contributed by atoms with Crippen LogP contribution in [0.25, 0.3) is 0 Å². The van der Waals surface area contributed by atoms with Crippen LogP contribution in [0, 0.1) is 5.41 Å². The summed E-state index contributed by atoms with van der Waals surface area (Å²) in [5.41, 5.74) is 1.03. The van der Waals surface area contributed by atoms with Crippen LogP contribution in [0.2, 0.25) is 0 Å². The molecule has 0 bridgehead atoms. The van der Waals surface area contributed by atoms with Gasteiger partial charge < -0.3 is 25.2 Å². The summed E-state index contributed by atoms with van der Waals surface area (Å²) in [6.45, 7) is 5.63. The zero-order valence-electron chi connectivity index (χ0n) is 23.0. The number of ether oxygens (including phenoxy) is 1. The molecule has 0 aromatic heterocycles. The number of nitrogens with one attached hydrogen (secondary N) is 2. The Morgan fingerprint density at radius 2 is 1.62 bits per heavy atom. The van der Waals surface area contributed by atoms with Gasteiger partial charge in [-0.15, -0.1) is 0 Å². The predicted octanol–water partition coefficient (Wildman–Crippen LogP) is 2.30. The summed E-state index contributed by atoms with van der Waals surface area (Å²) in [5, 5.41) is 5.93. The molecule has 0 aliphatic carbocycles. The minimum Gasteiger partial charge on any atom is -0.489 e. The maximum atomic E-state index is 13.5. The maximum absolute atomic E-state index is 13.5. The van der Waals surface area contributed by atoms with Crippen molar-refractivity contribution < 1.29 is 19.1 Å². The fourth-order valence-electron chi connectivity index (χ4n) is 5.88. The van der Waals surface area contributed by atoms with Crippen LogP contribution < -0.4 is 20.3 Å². The maximum Gasteiger partial charge on any atom is 0.255 e. The van der Waals surface area contributed by atoms with E-state index in [1.807, 2.05) is 41.3 Å². The van der Waals surface area contributed by atoms with E-state index < -0.39 is 5.41 Å². The quantitative estimate of drug-likeness (QED) is 0.575. The number of carbonyl (C=O) groups excluding carboxylic acids is 3. The summed E-state index contributed by atoms with van der Waals surface area (Å²) < 4.78 is 5.87. The molecule has 2 fully saturated rings. The standard InChI is InChI=1S/C31H39N5O4/c37-28(36-20-18-35(19-21-36)25-9-2-1-3-10-25)23-34-17-8-14-31(24-34)13-6-7-22-40-27-12-5-4-11-26(27)29(38)32-15-16-33-30(31)39/h1-7,9-12H,8,13-24H2,(H,32,38)(H,33,39)/b7-6-. The largest absolute Gasteiger partial charge is 0.489 e. The molecule has 3 aliphatic heterocycles. The highest BCUT2D eigenvalue weighted by molar-refractivity contribution is 5.97. The summed E-state index contributed by atoms with van der Waals surface area (Å²) in [6, 6.07) is 17.5. The molecule has 40 heavy (non-hydrogen) atoms. The van der Waals surface area contributed by atoms with Crippen molar-refractivity contribution in [1.29, 1.82) is 0 Å². The average Bonchev–Trinajstić information content (AvgIpc) is 2.99. The highest BCUT2D eigenvalue weighted by atomic mass is 16.5. The fraction of sp³-hybridized carbons (Fsp3) is 0.452. The van der Waals surface area contributed by atoms with Crippen molar-refractivity contribution >= 4 is 23.4 Å². The van der Waals surface area contributed by atoms with Gasteiger partial charge in [-0.25, -0.2) is 0 Å². The Labute approximate surface area is 236 Å². The molecule has 0 saturated carbocycles. The van der Waals surface area contributed by atoms with Gasteiger partial charge in [0.05, 0.1) is 17.5 Å². The van der Waals surface area contributed by atoms with Crippen molar-refractivity contribution in [2.24, 2.45) is 5.41 Å². The van der Waals surface area contributed by atoms with Gasteiger partial charge in [-0.3, -0.25) is 19.3 Å². The predicted molar refractivity (Wildman–Crippen MR) is 154 cm³/mol. The number of piperazine rings is 1. The van der Waals surface area contributed by atoms with E-state index in [4.69, 9.17) is 4.74 Å². The molecule has 1 atom stereocenters. The minimum atomic E-state index is -0.632. The molecule has 3 aliphatic rings. The molecule has 3 amide bonds. The van der Waals surface area contributed by atoms with Gasteiger partial charge in [-0.05, 0) is 50.1 Å². The van der Waals surface area contributed by atoms with Gasteiger partial charge in [-0.1, -0.05) is 42.5 Å². The first-order chi connectivity index (χ1) is 19.5. The molecule has 0 radical (unpaired) electrons. The number of rotatable bonds is 3. The van der Waals surface area contributed by atoms with Crippen molar-refractivity contribution in [2.45, 2.75) is 19.3 Å². The lowest BCUT2D eigenvalue weighted by Crippen LogP contribution is -2.56. The van der Waals surface area contributed by atoms with Gasteiger partial charge in [-0.2, -0.15) is 0 Å². The third-order valence-corrected chi connectivity index (χ3v) is 8.09. The van der Waals surface area contributed by atoms with Crippen molar-refractivity contribution in [3.8, 4) is 5.75 Å². The highest BCUT2D eigenvalue weighted by Crippen LogP contribution is 2.34. The summed E-state index contributed by atoms with van der Waals surface area (Å²) in [5.74, 6) is 0.398. The lowest BCUT2D eigenvalue weighted by atomic mass is 9.76. The van der Waals surface area contributed by atoms with Crippen LogP contribution >= 0.6 is 0 Å². The number of nitrogens with zero attached hydrogens (tertiary/aromatic N) is 3. The molecule has 1 unspecified atom stereocenters. The van der Waals surface area contributed by atoms with E-state index in [9.17, 15) is 14.4 Å². The lowest BCUT2D eigenvalue weighted by molar-refractivity contribution is -0.139. The van der Waals surface area contributed by atoms with Crippen LogP contribution in [0.4, 0.5) is 5.69 Å². The van der Waals surface area contributed by atoms with Gasteiger partial charge in [0.15, 0.2) is 0 Å². The number of allylic oxidation sites excluding steroid dienone is 1. The van der Waals surface area contributed by atoms with E-state index in [-0.39, 0.29) is 17.7 Å². The molecule has 2 aromatic rings.